The number of amides is 2. The van der Waals surface area contributed by atoms with Crippen molar-refractivity contribution in [1.29, 1.82) is 0 Å². The van der Waals surface area contributed by atoms with E-state index < -0.39 is 5.91 Å². The second-order valence-electron chi connectivity index (χ2n) is 6.21. The predicted octanol–water partition coefficient (Wildman–Crippen LogP) is 0.448. The summed E-state index contributed by atoms with van der Waals surface area (Å²) in [7, 11) is 5.74. The molecule has 8 nitrogen and oxygen atoms in total. The molecule has 1 aromatic heterocycles. The maximum Gasteiger partial charge on any atom is 0.251 e. The number of carbonyl (C=O) groups excluding carboxylic acids is 2. The molecule has 0 spiro atoms. The lowest BCUT2D eigenvalue weighted by atomic mass is 10.1. The van der Waals surface area contributed by atoms with E-state index in [0.29, 0.717) is 12.1 Å². The third-order valence-electron chi connectivity index (χ3n) is 4.11. The van der Waals surface area contributed by atoms with E-state index in [1.54, 1.807) is 19.2 Å². The van der Waals surface area contributed by atoms with Gasteiger partial charge in [0.25, 0.3) is 5.91 Å². The molecular formula is C19H26N6O2. The molecule has 2 rings (SSSR count). The van der Waals surface area contributed by atoms with Gasteiger partial charge in [-0.1, -0.05) is 12.1 Å². The molecule has 0 fully saturated rings. The summed E-state index contributed by atoms with van der Waals surface area (Å²) in [5.74, 6) is -0.124. The summed E-state index contributed by atoms with van der Waals surface area (Å²) in [6, 6.07) is 11.2. The van der Waals surface area contributed by atoms with Crippen LogP contribution in [0.5, 0.6) is 0 Å². The van der Waals surface area contributed by atoms with Crippen molar-refractivity contribution in [2.75, 3.05) is 20.6 Å². The average Bonchev–Trinajstić information content (AvgIpc) is 3.05. The number of benzene rings is 1. The minimum Gasteiger partial charge on any atom is -0.368 e. The summed E-state index contributed by atoms with van der Waals surface area (Å²) < 4.78 is 2.08. The maximum absolute atomic E-state index is 11.9. The molecule has 0 aliphatic carbocycles. The van der Waals surface area contributed by atoms with Gasteiger partial charge in [0, 0.05) is 45.1 Å². The zero-order valence-corrected chi connectivity index (χ0v) is 15.9. The van der Waals surface area contributed by atoms with Gasteiger partial charge in [-0.05, 0) is 29.8 Å². The van der Waals surface area contributed by atoms with Crippen LogP contribution in [0.3, 0.4) is 0 Å². The molecule has 0 atom stereocenters. The molecule has 0 aliphatic heterocycles. The fourth-order valence-electron chi connectivity index (χ4n) is 2.59. The first kappa shape index (κ1) is 20.0. The quantitative estimate of drug-likeness (QED) is 0.486. The van der Waals surface area contributed by atoms with Crippen molar-refractivity contribution in [3.05, 3.63) is 59.4 Å². The fraction of sp³-hybridized carbons (Fsp3) is 0.316. The largest absolute Gasteiger partial charge is 0.368 e. The average molecular weight is 370 g/mol. The number of guanidine groups is 1. The van der Waals surface area contributed by atoms with Gasteiger partial charge < -0.3 is 25.8 Å². The van der Waals surface area contributed by atoms with Crippen molar-refractivity contribution in [3.63, 3.8) is 0 Å². The van der Waals surface area contributed by atoms with Crippen molar-refractivity contribution >= 4 is 17.8 Å². The van der Waals surface area contributed by atoms with Gasteiger partial charge in [0.15, 0.2) is 5.96 Å². The van der Waals surface area contributed by atoms with Gasteiger partial charge in [-0.2, -0.15) is 0 Å². The molecule has 1 heterocycles. The Hall–Kier alpha value is -3.29. The number of aliphatic imine (C=N–C) groups is 1. The van der Waals surface area contributed by atoms with Gasteiger partial charge in [0.1, 0.15) is 0 Å². The van der Waals surface area contributed by atoms with E-state index in [0.717, 1.165) is 18.1 Å². The normalized spacial score (nSPS) is 11.1. The monoisotopic (exact) mass is 370 g/mol. The number of nitrogens with zero attached hydrogens (tertiary/aromatic N) is 3. The van der Waals surface area contributed by atoms with Gasteiger partial charge in [0.05, 0.1) is 13.1 Å². The molecule has 2 aromatic rings. The molecule has 0 unspecified atom stereocenters. The second-order valence-corrected chi connectivity index (χ2v) is 6.21. The summed E-state index contributed by atoms with van der Waals surface area (Å²) in [5, 5.41) is 5.77. The Balaban J connectivity index is 1.89. The number of aryl methyl sites for hydroxylation is 1. The highest BCUT2D eigenvalue weighted by Crippen LogP contribution is 2.06. The smallest absolute Gasteiger partial charge is 0.251 e. The first-order valence-electron chi connectivity index (χ1n) is 8.58. The Bertz CT molecular complexity index is 810. The Kier molecular flexibility index (Phi) is 6.99. The van der Waals surface area contributed by atoms with E-state index in [9.17, 15) is 9.59 Å². The van der Waals surface area contributed by atoms with Crippen LogP contribution in [0.2, 0.25) is 0 Å². The summed E-state index contributed by atoms with van der Waals surface area (Å²) in [4.78, 5) is 29.0. The highest BCUT2D eigenvalue weighted by molar-refractivity contribution is 5.96. The molecule has 0 aliphatic rings. The highest BCUT2D eigenvalue weighted by Gasteiger charge is 2.09. The summed E-state index contributed by atoms with van der Waals surface area (Å²) >= 11 is 0. The van der Waals surface area contributed by atoms with E-state index in [2.05, 4.69) is 26.3 Å². The Morgan fingerprint density at radius 1 is 1.19 bits per heavy atom. The Morgan fingerprint density at radius 3 is 2.44 bits per heavy atom. The molecule has 27 heavy (non-hydrogen) atoms. The van der Waals surface area contributed by atoms with Crippen LogP contribution in [0.4, 0.5) is 0 Å². The first-order valence-corrected chi connectivity index (χ1v) is 8.58. The van der Waals surface area contributed by atoms with Crippen LogP contribution in [0.15, 0.2) is 47.6 Å². The number of primary amides is 1. The zero-order valence-electron chi connectivity index (χ0n) is 15.9. The maximum atomic E-state index is 11.9. The molecule has 1 aromatic carbocycles. The third kappa shape index (κ3) is 5.88. The minimum absolute atomic E-state index is 0.175. The van der Waals surface area contributed by atoms with E-state index in [1.165, 1.54) is 5.69 Å². The van der Waals surface area contributed by atoms with Gasteiger partial charge in [-0.25, -0.2) is 0 Å². The molecule has 0 saturated heterocycles. The number of hydrogen-bond acceptors (Lipinski definition) is 3. The minimum atomic E-state index is -0.574. The van der Waals surface area contributed by atoms with Crippen LogP contribution in [-0.4, -0.2) is 47.9 Å². The topological polar surface area (TPSA) is 105 Å². The number of carbonyl (C=O) groups is 2. The molecular weight excluding hydrogens is 344 g/mol. The lowest BCUT2D eigenvalue weighted by molar-refractivity contribution is -0.117. The number of hydrogen-bond donors (Lipinski definition) is 3. The molecule has 8 heteroatoms. The van der Waals surface area contributed by atoms with Crippen LogP contribution in [0.25, 0.3) is 0 Å². The van der Waals surface area contributed by atoms with E-state index >= 15 is 0 Å². The number of aromatic nitrogens is 1. The van der Waals surface area contributed by atoms with Crippen molar-refractivity contribution < 1.29 is 9.59 Å². The van der Waals surface area contributed by atoms with Crippen molar-refractivity contribution in [2.24, 2.45) is 17.8 Å². The SMILES string of the molecule is CN=C(NCc1ccc(C(=O)NCC(N)=O)cc1)N(C)Cc1cccn1C. The summed E-state index contributed by atoms with van der Waals surface area (Å²) in [5.41, 5.74) is 7.69. The summed E-state index contributed by atoms with van der Waals surface area (Å²) in [6.45, 7) is 1.14. The Labute approximate surface area is 159 Å². The molecule has 144 valence electrons. The predicted molar refractivity (Wildman–Crippen MR) is 105 cm³/mol. The van der Waals surface area contributed by atoms with Gasteiger partial charge >= 0.3 is 0 Å². The van der Waals surface area contributed by atoms with Crippen molar-refractivity contribution in [2.45, 2.75) is 13.1 Å². The van der Waals surface area contributed by atoms with Gasteiger partial charge in [0.2, 0.25) is 5.91 Å². The lowest BCUT2D eigenvalue weighted by Gasteiger charge is -2.22. The molecule has 0 radical (unpaired) electrons. The van der Waals surface area contributed by atoms with Crippen LogP contribution in [-0.2, 0) is 24.9 Å². The molecule has 0 saturated carbocycles. The summed E-state index contributed by atoms with van der Waals surface area (Å²) in [6.07, 6.45) is 2.01. The standard InChI is InChI=1S/C19H26N6O2/c1-21-19(25(3)13-16-5-4-10-24(16)2)23-11-14-6-8-15(9-7-14)18(27)22-12-17(20)26/h4-10H,11-13H2,1-3H3,(H2,20,26)(H,21,23)(H,22,27). The first-order chi connectivity index (χ1) is 12.9. The second kappa shape index (κ2) is 9.42. The van der Waals surface area contributed by atoms with E-state index in [-0.39, 0.29) is 12.5 Å². The molecule has 0 bridgehead atoms. The lowest BCUT2D eigenvalue weighted by Crippen LogP contribution is -2.38. The molecule has 2 amide bonds. The van der Waals surface area contributed by atoms with Crippen LogP contribution in [0, 0.1) is 0 Å². The Morgan fingerprint density at radius 2 is 1.89 bits per heavy atom. The van der Waals surface area contributed by atoms with Crippen LogP contribution >= 0.6 is 0 Å². The van der Waals surface area contributed by atoms with Crippen molar-refractivity contribution in [3.8, 4) is 0 Å². The van der Waals surface area contributed by atoms with Crippen LogP contribution < -0.4 is 16.4 Å². The number of rotatable bonds is 7. The zero-order chi connectivity index (χ0) is 19.8. The van der Waals surface area contributed by atoms with Gasteiger partial charge in [-0.15, -0.1) is 0 Å². The van der Waals surface area contributed by atoms with Gasteiger partial charge in [-0.3, -0.25) is 14.6 Å². The number of nitrogens with one attached hydrogen (secondary N) is 2. The van der Waals surface area contributed by atoms with E-state index in [1.807, 2.05) is 43.4 Å². The number of nitrogens with two attached hydrogens (primary N) is 1. The van der Waals surface area contributed by atoms with Crippen LogP contribution in [0.1, 0.15) is 21.6 Å². The van der Waals surface area contributed by atoms with Crippen molar-refractivity contribution in [1.82, 2.24) is 20.1 Å². The van der Waals surface area contributed by atoms with E-state index in [4.69, 9.17) is 5.73 Å². The fourth-order valence-corrected chi connectivity index (χ4v) is 2.59. The molecule has 4 N–H and O–H groups in total. The highest BCUT2D eigenvalue weighted by atomic mass is 16.2. The third-order valence-corrected chi connectivity index (χ3v) is 4.11.